The number of halogens is 2. The number of aromatic nitrogens is 4. The Bertz CT molecular complexity index is 1310. The van der Waals surface area contributed by atoms with E-state index < -0.39 is 5.82 Å². The highest BCUT2D eigenvalue weighted by atomic mass is 35.5. The summed E-state index contributed by atoms with van der Waals surface area (Å²) in [5.74, 6) is 0.304. The Balaban J connectivity index is 1.33. The van der Waals surface area contributed by atoms with Crippen molar-refractivity contribution in [2.45, 2.75) is 13.0 Å². The molecule has 8 nitrogen and oxygen atoms in total. The van der Waals surface area contributed by atoms with Gasteiger partial charge in [0.05, 0.1) is 10.4 Å². The van der Waals surface area contributed by atoms with Crippen molar-refractivity contribution < 1.29 is 9.18 Å². The van der Waals surface area contributed by atoms with E-state index in [4.69, 9.17) is 11.6 Å². The number of piperazine rings is 1. The molecule has 2 amide bonds. The van der Waals surface area contributed by atoms with Crippen molar-refractivity contribution in [2.75, 3.05) is 29.9 Å². The minimum absolute atomic E-state index is 0.0314. The number of pyridine rings is 1. The number of hydrogen-bond donors (Lipinski definition) is 2. The van der Waals surface area contributed by atoms with Crippen LogP contribution in [0, 0.1) is 5.82 Å². The molecule has 4 aromatic rings. The normalized spacial score (nSPS) is 16.3. The van der Waals surface area contributed by atoms with Crippen LogP contribution in [-0.2, 0) is 0 Å². The standard InChI is InChI=1S/C23H21ClFN7O/c1-14-12-31(8-9-32(14)23(33)29-16-2-3-19(25)18(24)10-16)22-17-11-20(15-4-6-26-7-5-15)30-21(17)27-13-28-22/h2-7,10-11,13-14H,8-9,12H2,1H3,(H,29,33)(H,27,28,30)/t14-/m0/s1. The van der Waals surface area contributed by atoms with E-state index in [0.29, 0.717) is 25.3 Å². The average Bonchev–Trinajstić information content (AvgIpc) is 3.26. The number of hydrogen-bond acceptors (Lipinski definition) is 5. The Morgan fingerprint density at radius 3 is 2.76 bits per heavy atom. The van der Waals surface area contributed by atoms with Crippen LogP contribution in [0.5, 0.6) is 0 Å². The van der Waals surface area contributed by atoms with Crippen LogP contribution >= 0.6 is 11.6 Å². The van der Waals surface area contributed by atoms with Crippen LogP contribution in [0.3, 0.4) is 0 Å². The van der Waals surface area contributed by atoms with E-state index in [2.05, 4.69) is 30.2 Å². The Morgan fingerprint density at radius 1 is 1.18 bits per heavy atom. The number of nitrogens with one attached hydrogen (secondary N) is 2. The van der Waals surface area contributed by atoms with Crippen molar-refractivity contribution >= 4 is 40.2 Å². The minimum atomic E-state index is -0.523. The summed E-state index contributed by atoms with van der Waals surface area (Å²) in [5.41, 5.74) is 3.17. The molecule has 4 heterocycles. The highest BCUT2D eigenvalue weighted by molar-refractivity contribution is 6.31. The zero-order chi connectivity index (χ0) is 22.9. The maximum absolute atomic E-state index is 13.4. The fraction of sp³-hybridized carbons (Fsp3) is 0.217. The minimum Gasteiger partial charge on any atom is -0.352 e. The molecule has 3 aromatic heterocycles. The maximum Gasteiger partial charge on any atom is 0.322 e. The fourth-order valence-corrected chi connectivity index (χ4v) is 4.27. The molecule has 33 heavy (non-hydrogen) atoms. The van der Waals surface area contributed by atoms with Crippen LogP contribution in [0.25, 0.3) is 22.3 Å². The van der Waals surface area contributed by atoms with Gasteiger partial charge in [-0.1, -0.05) is 11.6 Å². The number of fused-ring (bicyclic) bond motifs is 1. The van der Waals surface area contributed by atoms with E-state index in [9.17, 15) is 9.18 Å². The number of anilines is 2. The maximum atomic E-state index is 13.4. The van der Waals surface area contributed by atoms with Gasteiger partial charge in [-0.05, 0) is 43.3 Å². The lowest BCUT2D eigenvalue weighted by Crippen LogP contribution is -2.55. The zero-order valence-electron chi connectivity index (χ0n) is 17.8. The molecule has 5 rings (SSSR count). The van der Waals surface area contributed by atoms with Crippen molar-refractivity contribution in [3.8, 4) is 11.3 Å². The number of urea groups is 1. The number of H-pyrrole nitrogens is 1. The predicted octanol–water partition coefficient (Wildman–Crippen LogP) is 4.56. The van der Waals surface area contributed by atoms with Gasteiger partial charge in [0.25, 0.3) is 0 Å². The molecule has 0 unspecified atom stereocenters. The van der Waals surface area contributed by atoms with Crippen LogP contribution < -0.4 is 10.2 Å². The van der Waals surface area contributed by atoms with E-state index in [0.717, 1.165) is 28.1 Å². The van der Waals surface area contributed by atoms with Crippen molar-refractivity contribution in [1.29, 1.82) is 0 Å². The van der Waals surface area contributed by atoms with Gasteiger partial charge >= 0.3 is 6.03 Å². The van der Waals surface area contributed by atoms with Gasteiger partial charge in [-0.3, -0.25) is 4.98 Å². The lowest BCUT2D eigenvalue weighted by molar-refractivity contribution is 0.184. The zero-order valence-corrected chi connectivity index (χ0v) is 18.6. The van der Waals surface area contributed by atoms with Crippen LogP contribution in [0.2, 0.25) is 5.02 Å². The first-order valence-electron chi connectivity index (χ1n) is 10.5. The molecular weight excluding hydrogens is 445 g/mol. The number of rotatable bonds is 3. The summed E-state index contributed by atoms with van der Waals surface area (Å²) in [7, 11) is 0. The van der Waals surface area contributed by atoms with Crippen molar-refractivity contribution in [3.05, 3.63) is 66.0 Å². The van der Waals surface area contributed by atoms with Gasteiger partial charge in [-0.2, -0.15) is 0 Å². The summed E-state index contributed by atoms with van der Waals surface area (Å²) >= 11 is 5.82. The molecule has 1 fully saturated rings. The summed E-state index contributed by atoms with van der Waals surface area (Å²) in [4.78, 5) is 33.1. The van der Waals surface area contributed by atoms with Gasteiger partial charge in [0.2, 0.25) is 0 Å². The quantitative estimate of drug-likeness (QED) is 0.463. The van der Waals surface area contributed by atoms with Crippen LogP contribution in [0.15, 0.2) is 55.1 Å². The Hall–Kier alpha value is -3.72. The first-order valence-corrected chi connectivity index (χ1v) is 10.9. The topological polar surface area (TPSA) is 90.0 Å². The summed E-state index contributed by atoms with van der Waals surface area (Å²) in [6.45, 7) is 3.72. The lowest BCUT2D eigenvalue weighted by atomic mass is 10.1. The summed E-state index contributed by atoms with van der Waals surface area (Å²) in [5, 5.41) is 3.69. The smallest absolute Gasteiger partial charge is 0.322 e. The third-order valence-corrected chi connectivity index (χ3v) is 6.04. The number of amides is 2. The van der Waals surface area contributed by atoms with Gasteiger partial charge in [-0.25, -0.2) is 19.2 Å². The molecule has 1 aliphatic heterocycles. The van der Waals surface area contributed by atoms with Gasteiger partial charge in [0.15, 0.2) is 0 Å². The monoisotopic (exact) mass is 465 g/mol. The van der Waals surface area contributed by atoms with Crippen molar-refractivity contribution in [3.63, 3.8) is 0 Å². The molecule has 1 atom stereocenters. The molecule has 2 N–H and O–H groups in total. The Labute approximate surface area is 194 Å². The first-order chi connectivity index (χ1) is 16.0. The molecular formula is C23H21ClFN7O. The van der Waals surface area contributed by atoms with E-state index in [-0.39, 0.29) is 17.1 Å². The predicted molar refractivity (Wildman–Crippen MR) is 126 cm³/mol. The van der Waals surface area contributed by atoms with Crippen molar-refractivity contribution in [1.82, 2.24) is 24.8 Å². The van der Waals surface area contributed by atoms with E-state index in [1.807, 2.05) is 25.1 Å². The number of carbonyl (C=O) groups is 1. The molecule has 10 heteroatoms. The second-order valence-electron chi connectivity index (χ2n) is 7.93. The van der Waals surface area contributed by atoms with E-state index in [1.54, 1.807) is 23.6 Å². The summed E-state index contributed by atoms with van der Waals surface area (Å²) < 4.78 is 13.4. The van der Waals surface area contributed by atoms with Crippen LogP contribution in [0.4, 0.5) is 20.7 Å². The highest BCUT2D eigenvalue weighted by Crippen LogP contribution is 2.30. The van der Waals surface area contributed by atoms with E-state index >= 15 is 0 Å². The molecule has 1 aromatic carbocycles. The van der Waals surface area contributed by atoms with Crippen molar-refractivity contribution in [2.24, 2.45) is 0 Å². The molecule has 0 radical (unpaired) electrons. The molecule has 0 spiro atoms. The summed E-state index contributed by atoms with van der Waals surface area (Å²) in [6, 6.07) is 9.72. The molecule has 1 aliphatic rings. The van der Waals surface area contributed by atoms with Gasteiger partial charge in [0, 0.05) is 55.0 Å². The Kier molecular flexibility index (Phi) is 5.55. The number of carbonyl (C=O) groups excluding carboxylic acids is 1. The average molecular weight is 466 g/mol. The second-order valence-corrected chi connectivity index (χ2v) is 8.33. The third-order valence-electron chi connectivity index (χ3n) is 5.75. The summed E-state index contributed by atoms with van der Waals surface area (Å²) in [6.07, 6.45) is 5.05. The van der Waals surface area contributed by atoms with E-state index in [1.165, 1.54) is 18.2 Å². The first kappa shape index (κ1) is 21.1. The Morgan fingerprint density at radius 2 is 2.00 bits per heavy atom. The molecule has 0 saturated carbocycles. The van der Waals surface area contributed by atoms with Gasteiger partial charge in [0.1, 0.15) is 23.6 Å². The number of nitrogens with zero attached hydrogens (tertiary/aromatic N) is 5. The highest BCUT2D eigenvalue weighted by Gasteiger charge is 2.29. The lowest BCUT2D eigenvalue weighted by Gasteiger charge is -2.40. The third kappa shape index (κ3) is 4.19. The molecule has 0 bridgehead atoms. The van der Waals surface area contributed by atoms with Crippen LogP contribution in [-0.4, -0.2) is 56.5 Å². The number of aromatic amines is 1. The SMILES string of the molecule is C[C@H]1CN(c2ncnc3[nH]c(-c4ccncc4)cc23)CCN1C(=O)Nc1ccc(F)c(Cl)c1. The molecule has 168 valence electrons. The molecule has 1 saturated heterocycles. The second kappa shape index (κ2) is 8.67. The van der Waals surface area contributed by atoms with Crippen LogP contribution in [0.1, 0.15) is 6.92 Å². The largest absolute Gasteiger partial charge is 0.352 e. The molecule has 0 aliphatic carbocycles. The number of benzene rings is 1. The fourth-order valence-electron chi connectivity index (χ4n) is 4.09. The van der Waals surface area contributed by atoms with Gasteiger partial charge in [-0.15, -0.1) is 0 Å². The van der Waals surface area contributed by atoms with Gasteiger partial charge < -0.3 is 20.1 Å².